The molecule has 0 aliphatic carbocycles. The summed E-state index contributed by atoms with van der Waals surface area (Å²) >= 11 is 0. The smallest absolute Gasteiger partial charge is 0.255 e. The van der Waals surface area contributed by atoms with Crippen LogP contribution < -0.4 is 16.4 Å². The first-order valence-corrected chi connectivity index (χ1v) is 7.90. The Labute approximate surface area is 146 Å². The van der Waals surface area contributed by atoms with E-state index in [0.717, 1.165) is 5.56 Å². The zero-order valence-electron chi connectivity index (χ0n) is 14.5. The molecule has 0 spiro atoms. The number of nitrogens with one attached hydrogen (secondary N) is 2. The number of benzene rings is 2. The maximum atomic E-state index is 13.2. The van der Waals surface area contributed by atoms with Gasteiger partial charge in [-0.25, -0.2) is 4.39 Å². The van der Waals surface area contributed by atoms with E-state index < -0.39 is 11.2 Å². The predicted molar refractivity (Wildman–Crippen MR) is 96.5 cm³/mol. The quantitative estimate of drug-likeness (QED) is 0.745. The molecule has 2 amide bonds. The highest BCUT2D eigenvalue weighted by atomic mass is 19.1. The summed E-state index contributed by atoms with van der Waals surface area (Å²) in [7, 11) is 0. The van der Waals surface area contributed by atoms with Crippen LogP contribution in [-0.2, 0) is 11.3 Å². The van der Waals surface area contributed by atoms with Crippen molar-refractivity contribution in [1.29, 1.82) is 0 Å². The molecule has 0 unspecified atom stereocenters. The Hall–Kier alpha value is -2.89. The lowest BCUT2D eigenvalue weighted by molar-refractivity contribution is -0.128. The molecule has 6 heteroatoms. The van der Waals surface area contributed by atoms with E-state index in [0.29, 0.717) is 12.1 Å². The summed E-state index contributed by atoms with van der Waals surface area (Å²) in [4.78, 5) is 24.1. The van der Waals surface area contributed by atoms with Crippen LogP contribution >= 0.6 is 0 Å². The van der Waals surface area contributed by atoms with Crippen LogP contribution in [0.15, 0.2) is 42.5 Å². The molecule has 0 aromatic heterocycles. The van der Waals surface area contributed by atoms with Crippen molar-refractivity contribution in [3.63, 3.8) is 0 Å². The molecule has 0 radical (unpaired) electrons. The first-order valence-electron chi connectivity index (χ1n) is 7.90. The number of carbonyl (C=O) groups is 2. The number of rotatable bonds is 4. The average Bonchev–Trinajstić information content (AvgIpc) is 2.55. The molecule has 0 saturated heterocycles. The molecule has 4 N–H and O–H groups in total. The van der Waals surface area contributed by atoms with Gasteiger partial charge in [-0.1, -0.05) is 32.9 Å². The summed E-state index contributed by atoms with van der Waals surface area (Å²) < 4.78 is 13.2. The third-order valence-corrected chi connectivity index (χ3v) is 3.61. The van der Waals surface area contributed by atoms with Gasteiger partial charge in [0, 0.05) is 17.5 Å². The molecular formula is C19H22FN3O2. The van der Waals surface area contributed by atoms with E-state index in [9.17, 15) is 14.0 Å². The van der Waals surface area contributed by atoms with Crippen molar-refractivity contribution >= 4 is 23.2 Å². The fourth-order valence-corrected chi connectivity index (χ4v) is 2.05. The minimum atomic E-state index is -0.477. The first-order chi connectivity index (χ1) is 11.7. The van der Waals surface area contributed by atoms with Crippen molar-refractivity contribution in [3.8, 4) is 0 Å². The third kappa shape index (κ3) is 5.04. The van der Waals surface area contributed by atoms with Crippen LogP contribution in [0.2, 0.25) is 0 Å². The second kappa shape index (κ2) is 7.34. The van der Waals surface area contributed by atoms with Gasteiger partial charge in [0.25, 0.3) is 5.91 Å². The Bertz CT molecular complexity index is 780. The molecule has 2 aromatic carbocycles. The normalized spacial score (nSPS) is 11.0. The number of halogens is 1. The highest BCUT2D eigenvalue weighted by Gasteiger charge is 2.20. The Balaban J connectivity index is 2.00. The topological polar surface area (TPSA) is 84.2 Å². The lowest BCUT2D eigenvalue weighted by Crippen LogP contribution is -2.34. The van der Waals surface area contributed by atoms with Gasteiger partial charge in [-0.05, 0) is 35.9 Å². The second-order valence-electron chi connectivity index (χ2n) is 6.82. The third-order valence-electron chi connectivity index (χ3n) is 3.61. The number of hydrogen-bond donors (Lipinski definition) is 3. The summed E-state index contributed by atoms with van der Waals surface area (Å²) in [6, 6.07) is 10.6. The van der Waals surface area contributed by atoms with Crippen LogP contribution in [0, 0.1) is 11.2 Å². The largest absolute Gasteiger partial charge is 0.397 e. The average molecular weight is 343 g/mol. The lowest BCUT2D eigenvalue weighted by Gasteiger charge is -2.17. The van der Waals surface area contributed by atoms with Crippen LogP contribution in [0.4, 0.5) is 15.8 Å². The predicted octanol–water partition coefficient (Wildman–Crippen LogP) is 3.32. The van der Waals surface area contributed by atoms with Gasteiger partial charge in [0.2, 0.25) is 5.91 Å². The van der Waals surface area contributed by atoms with E-state index in [-0.39, 0.29) is 23.2 Å². The monoisotopic (exact) mass is 343 g/mol. The summed E-state index contributed by atoms with van der Waals surface area (Å²) in [5, 5.41) is 5.43. The van der Waals surface area contributed by atoms with E-state index in [2.05, 4.69) is 10.6 Å². The van der Waals surface area contributed by atoms with Gasteiger partial charge in [-0.3, -0.25) is 9.59 Å². The molecule has 2 rings (SSSR count). The molecule has 0 fully saturated rings. The minimum absolute atomic E-state index is 0.0455. The maximum Gasteiger partial charge on any atom is 0.255 e. The number of nitrogens with two attached hydrogens (primary N) is 1. The van der Waals surface area contributed by atoms with E-state index in [1.54, 1.807) is 24.3 Å². The highest BCUT2D eigenvalue weighted by molar-refractivity contribution is 6.05. The number of nitrogen functional groups attached to an aromatic ring is 1. The van der Waals surface area contributed by atoms with Crippen molar-refractivity contribution in [2.75, 3.05) is 11.1 Å². The van der Waals surface area contributed by atoms with Crippen molar-refractivity contribution < 1.29 is 14.0 Å². The molecule has 2 aromatic rings. The van der Waals surface area contributed by atoms with Gasteiger partial charge >= 0.3 is 0 Å². The van der Waals surface area contributed by atoms with Gasteiger partial charge in [0.05, 0.1) is 11.4 Å². The van der Waals surface area contributed by atoms with Crippen molar-refractivity contribution in [3.05, 3.63) is 59.4 Å². The van der Waals surface area contributed by atoms with Gasteiger partial charge < -0.3 is 16.4 Å². The van der Waals surface area contributed by atoms with E-state index in [4.69, 9.17) is 5.73 Å². The number of anilines is 2. The van der Waals surface area contributed by atoms with Crippen molar-refractivity contribution in [2.45, 2.75) is 27.3 Å². The van der Waals surface area contributed by atoms with Gasteiger partial charge in [0.15, 0.2) is 0 Å². The summed E-state index contributed by atoms with van der Waals surface area (Å²) in [5.74, 6) is -0.909. The zero-order valence-corrected chi connectivity index (χ0v) is 14.5. The van der Waals surface area contributed by atoms with E-state index in [1.807, 2.05) is 20.8 Å². The Kier molecular flexibility index (Phi) is 5.41. The zero-order chi connectivity index (χ0) is 18.6. The molecular weight excluding hydrogens is 321 g/mol. The van der Waals surface area contributed by atoms with E-state index >= 15 is 0 Å². The molecule has 0 bridgehead atoms. The summed E-state index contributed by atoms with van der Waals surface area (Å²) in [6.45, 7) is 5.91. The van der Waals surface area contributed by atoms with Crippen molar-refractivity contribution in [2.24, 2.45) is 5.41 Å². The maximum absolute atomic E-state index is 13.2. The van der Waals surface area contributed by atoms with Gasteiger partial charge in [-0.15, -0.1) is 0 Å². The van der Waals surface area contributed by atoms with Crippen LogP contribution in [0.1, 0.15) is 36.7 Å². The fraction of sp³-hybridized carbons (Fsp3) is 0.263. The minimum Gasteiger partial charge on any atom is -0.397 e. The summed E-state index contributed by atoms with van der Waals surface area (Å²) in [5.41, 5.74) is 7.07. The SMILES string of the molecule is CC(C)(C)C(=O)NCc1ccc(C(=O)Nc2cc(F)ccc2N)cc1. The number of amides is 2. The Morgan fingerprint density at radius 1 is 1.08 bits per heavy atom. The molecule has 25 heavy (non-hydrogen) atoms. The van der Waals surface area contributed by atoms with E-state index in [1.165, 1.54) is 18.2 Å². The highest BCUT2D eigenvalue weighted by Crippen LogP contribution is 2.20. The standard InChI is InChI=1S/C19H22FN3O2/c1-19(2,3)18(25)22-11-12-4-6-13(7-5-12)17(24)23-16-10-14(20)8-9-15(16)21/h4-10H,11,21H2,1-3H3,(H,22,25)(H,23,24). The van der Waals surface area contributed by atoms with Gasteiger partial charge in [0.1, 0.15) is 5.82 Å². The Morgan fingerprint density at radius 3 is 2.32 bits per heavy atom. The first kappa shape index (κ1) is 18.4. The molecule has 0 aliphatic rings. The van der Waals surface area contributed by atoms with Gasteiger partial charge in [-0.2, -0.15) is 0 Å². The molecule has 132 valence electrons. The molecule has 0 heterocycles. The van der Waals surface area contributed by atoms with Crippen LogP contribution in [0.25, 0.3) is 0 Å². The summed E-state index contributed by atoms with van der Waals surface area (Å²) in [6.07, 6.45) is 0. The fourth-order valence-electron chi connectivity index (χ4n) is 2.05. The molecule has 5 nitrogen and oxygen atoms in total. The van der Waals surface area contributed by atoms with Crippen LogP contribution in [0.3, 0.4) is 0 Å². The second-order valence-corrected chi connectivity index (χ2v) is 6.82. The van der Waals surface area contributed by atoms with Crippen LogP contribution in [0.5, 0.6) is 0 Å². The van der Waals surface area contributed by atoms with Crippen LogP contribution in [-0.4, -0.2) is 11.8 Å². The molecule has 0 saturated carbocycles. The lowest BCUT2D eigenvalue weighted by atomic mass is 9.95. The molecule has 0 atom stereocenters. The molecule has 0 aliphatic heterocycles. The Morgan fingerprint density at radius 2 is 1.72 bits per heavy atom. The number of carbonyl (C=O) groups excluding carboxylic acids is 2. The van der Waals surface area contributed by atoms with Crippen molar-refractivity contribution in [1.82, 2.24) is 5.32 Å². The number of hydrogen-bond acceptors (Lipinski definition) is 3.